The van der Waals surface area contributed by atoms with Gasteiger partial charge in [0.2, 0.25) is 5.91 Å². The Hall–Kier alpha value is -0.270. The van der Waals surface area contributed by atoms with E-state index < -0.39 is 12.0 Å². The number of thiocarbonyl (C=S) groups is 1. The first-order valence-electron chi connectivity index (χ1n) is 5.88. The summed E-state index contributed by atoms with van der Waals surface area (Å²) in [5.41, 5.74) is 0. The molecule has 1 aliphatic heterocycles. The lowest BCUT2D eigenvalue weighted by Crippen LogP contribution is -2.40. The average molecular weight is 307 g/mol. The predicted molar refractivity (Wildman–Crippen MR) is 80.2 cm³/mol. The Morgan fingerprint density at radius 1 is 1.44 bits per heavy atom. The number of amides is 1. The Balaban J connectivity index is 2.32. The summed E-state index contributed by atoms with van der Waals surface area (Å²) in [7, 11) is 0. The van der Waals surface area contributed by atoms with Gasteiger partial charge >= 0.3 is 5.97 Å². The van der Waals surface area contributed by atoms with Crippen LogP contribution in [0.2, 0.25) is 0 Å². The number of thioether (sulfide) groups is 2. The predicted octanol–water partition coefficient (Wildman–Crippen LogP) is 2.22. The number of carbonyl (C=O) groups is 2. The number of rotatable bonds is 5. The molecular weight excluding hydrogens is 290 g/mol. The third-order valence-corrected chi connectivity index (χ3v) is 5.24. The van der Waals surface area contributed by atoms with Crippen LogP contribution in [0.25, 0.3) is 0 Å². The molecule has 0 bridgehead atoms. The number of likely N-dealkylation sites (tertiary alicyclic amines) is 1. The van der Waals surface area contributed by atoms with Gasteiger partial charge in [-0.1, -0.05) is 19.1 Å². The summed E-state index contributed by atoms with van der Waals surface area (Å²) in [6.45, 7) is 2.60. The molecule has 1 amide bonds. The zero-order chi connectivity index (χ0) is 13.5. The molecule has 0 aromatic rings. The lowest BCUT2D eigenvalue weighted by molar-refractivity contribution is -0.148. The Morgan fingerprint density at radius 2 is 2.17 bits per heavy atom. The summed E-state index contributed by atoms with van der Waals surface area (Å²) in [6.07, 6.45) is 1.71. The van der Waals surface area contributed by atoms with E-state index in [4.69, 9.17) is 17.3 Å². The molecule has 0 radical (unpaired) electrons. The maximum atomic E-state index is 11.9. The van der Waals surface area contributed by atoms with Gasteiger partial charge in [0.25, 0.3) is 0 Å². The van der Waals surface area contributed by atoms with Crippen LogP contribution in [0.3, 0.4) is 0 Å². The SMILES string of the molecule is CCSC(=S)SCCC(=O)N1CCC[C@H]1C(=O)O. The molecule has 0 aromatic carbocycles. The van der Waals surface area contributed by atoms with E-state index in [-0.39, 0.29) is 5.91 Å². The summed E-state index contributed by atoms with van der Waals surface area (Å²) >= 11 is 8.20. The molecule has 18 heavy (non-hydrogen) atoms. The van der Waals surface area contributed by atoms with Gasteiger partial charge in [0.1, 0.15) is 9.57 Å². The quantitative estimate of drug-likeness (QED) is 0.786. The molecule has 1 rings (SSSR count). The van der Waals surface area contributed by atoms with Gasteiger partial charge < -0.3 is 10.0 Å². The van der Waals surface area contributed by atoms with Crippen LogP contribution in [-0.2, 0) is 9.59 Å². The van der Waals surface area contributed by atoms with E-state index in [1.54, 1.807) is 11.8 Å². The molecular formula is C11H17NO3S3. The minimum atomic E-state index is -0.898. The van der Waals surface area contributed by atoms with Crippen LogP contribution in [0.15, 0.2) is 0 Å². The fraction of sp³-hybridized carbons (Fsp3) is 0.727. The highest BCUT2D eigenvalue weighted by Crippen LogP contribution is 2.21. The maximum absolute atomic E-state index is 11.9. The Morgan fingerprint density at radius 3 is 2.78 bits per heavy atom. The monoisotopic (exact) mass is 307 g/mol. The van der Waals surface area contributed by atoms with Crippen molar-refractivity contribution in [2.24, 2.45) is 0 Å². The van der Waals surface area contributed by atoms with E-state index in [1.165, 1.54) is 16.7 Å². The smallest absolute Gasteiger partial charge is 0.326 e. The largest absolute Gasteiger partial charge is 0.480 e. The van der Waals surface area contributed by atoms with Crippen molar-refractivity contribution in [1.82, 2.24) is 4.90 Å². The second-order valence-corrected chi connectivity index (χ2v) is 7.43. The lowest BCUT2D eigenvalue weighted by Gasteiger charge is -2.21. The topological polar surface area (TPSA) is 57.6 Å². The number of nitrogens with zero attached hydrogens (tertiary/aromatic N) is 1. The van der Waals surface area contributed by atoms with Crippen LogP contribution < -0.4 is 0 Å². The van der Waals surface area contributed by atoms with E-state index >= 15 is 0 Å². The van der Waals surface area contributed by atoms with Crippen molar-refractivity contribution in [3.63, 3.8) is 0 Å². The van der Waals surface area contributed by atoms with E-state index in [0.29, 0.717) is 25.1 Å². The number of aliphatic carboxylic acids is 1. The number of hydrogen-bond donors (Lipinski definition) is 1. The first-order valence-corrected chi connectivity index (χ1v) is 8.26. The summed E-state index contributed by atoms with van der Waals surface area (Å²) in [4.78, 5) is 24.3. The zero-order valence-electron chi connectivity index (χ0n) is 10.3. The molecule has 1 heterocycles. The first kappa shape index (κ1) is 15.8. The number of hydrogen-bond acceptors (Lipinski definition) is 5. The van der Waals surface area contributed by atoms with E-state index in [0.717, 1.165) is 15.7 Å². The number of carbonyl (C=O) groups excluding carboxylic acids is 1. The van der Waals surface area contributed by atoms with Crippen molar-refractivity contribution in [1.29, 1.82) is 0 Å². The summed E-state index contributed by atoms with van der Waals surface area (Å²) in [5.74, 6) is 0.600. The van der Waals surface area contributed by atoms with E-state index in [1.807, 2.05) is 6.92 Å². The summed E-state index contributed by atoms with van der Waals surface area (Å²) < 4.78 is 0.849. The summed E-state index contributed by atoms with van der Waals surface area (Å²) in [5, 5.41) is 8.99. The van der Waals surface area contributed by atoms with Crippen molar-refractivity contribution >= 4 is 51.1 Å². The molecule has 7 heteroatoms. The van der Waals surface area contributed by atoms with Crippen LogP contribution in [0, 0.1) is 0 Å². The minimum absolute atomic E-state index is 0.0725. The molecule has 0 saturated carbocycles. The van der Waals surface area contributed by atoms with Gasteiger partial charge in [0.05, 0.1) is 0 Å². The molecule has 102 valence electrons. The maximum Gasteiger partial charge on any atom is 0.326 e. The van der Waals surface area contributed by atoms with Crippen LogP contribution in [0.1, 0.15) is 26.2 Å². The third kappa shape index (κ3) is 4.78. The fourth-order valence-electron chi connectivity index (χ4n) is 1.85. The van der Waals surface area contributed by atoms with Crippen LogP contribution in [-0.4, -0.2) is 49.5 Å². The minimum Gasteiger partial charge on any atom is -0.480 e. The summed E-state index contributed by atoms with van der Waals surface area (Å²) in [6, 6.07) is -0.625. The van der Waals surface area contributed by atoms with Crippen LogP contribution in [0.4, 0.5) is 0 Å². The highest BCUT2D eigenvalue weighted by Gasteiger charge is 2.33. The normalized spacial score (nSPS) is 18.9. The molecule has 4 nitrogen and oxygen atoms in total. The highest BCUT2D eigenvalue weighted by molar-refractivity contribution is 8.47. The molecule has 0 aromatic heterocycles. The standard InChI is InChI=1S/C11H17NO3S3/c1-2-17-11(16)18-7-5-9(13)12-6-3-4-8(12)10(14)15/h8H,2-7H2,1H3,(H,14,15)/t8-/m0/s1. The Kier molecular flexibility index (Phi) is 7.03. The molecule has 0 unspecified atom stereocenters. The van der Waals surface area contributed by atoms with E-state index in [2.05, 4.69) is 0 Å². The fourth-order valence-corrected chi connectivity index (χ4v) is 4.07. The van der Waals surface area contributed by atoms with Gasteiger partial charge in [0.15, 0.2) is 0 Å². The van der Waals surface area contributed by atoms with Crippen molar-refractivity contribution in [2.45, 2.75) is 32.2 Å². The molecule has 1 fully saturated rings. The van der Waals surface area contributed by atoms with Gasteiger partial charge in [-0.05, 0) is 18.6 Å². The van der Waals surface area contributed by atoms with Gasteiger partial charge in [-0.3, -0.25) is 4.79 Å². The van der Waals surface area contributed by atoms with E-state index in [9.17, 15) is 9.59 Å². The average Bonchev–Trinajstić information content (AvgIpc) is 2.78. The highest BCUT2D eigenvalue weighted by atomic mass is 32.2. The molecule has 0 spiro atoms. The number of carboxylic acid groups (broad SMARTS) is 1. The van der Waals surface area contributed by atoms with Gasteiger partial charge in [0, 0.05) is 18.7 Å². The Labute approximate surface area is 121 Å². The van der Waals surface area contributed by atoms with Crippen molar-refractivity contribution in [3.8, 4) is 0 Å². The molecule has 0 aliphatic carbocycles. The van der Waals surface area contributed by atoms with Crippen LogP contribution >= 0.6 is 35.7 Å². The molecule has 1 saturated heterocycles. The third-order valence-electron chi connectivity index (χ3n) is 2.66. The van der Waals surface area contributed by atoms with Gasteiger partial charge in [-0.15, -0.1) is 23.5 Å². The second-order valence-electron chi connectivity index (χ2n) is 3.86. The van der Waals surface area contributed by atoms with Gasteiger partial charge in [-0.2, -0.15) is 0 Å². The first-order chi connectivity index (χ1) is 8.56. The second kappa shape index (κ2) is 8.01. The van der Waals surface area contributed by atoms with Crippen LogP contribution in [0.5, 0.6) is 0 Å². The molecule has 1 N–H and O–H groups in total. The van der Waals surface area contributed by atoms with Crippen molar-refractivity contribution in [2.75, 3.05) is 18.1 Å². The zero-order valence-corrected chi connectivity index (χ0v) is 12.7. The van der Waals surface area contributed by atoms with Crippen molar-refractivity contribution < 1.29 is 14.7 Å². The Bertz CT molecular complexity index is 335. The lowest BCUT2D eigenvalue weighted by atomic mass is 10.2. The van der Waals surface area contributed by atoms with Gasteiger partial charge in [-0.25, -0.2) is 4.79 Å². The molecule has 1 atom stereocenters. The van der Waals surface area contributed by atoms with Crippen molar-refractivity contribution in [3.05, 3.63) is 0 Å². The molecule has 1 aliphatic rings. The number of carboxylic acids is 1.